The number of rotatable bonds is 5. The third-order valence-corrected chi connectivity index (χ3v) is 6.41. The number of nitrogens with one attached hydrogen (secondary N) is 1. The second kappa shape index (κ2) is 7.82. The van der Waals surface area contributed by atoms with E-state index in [1.165, 1.54) is 49.2 Å². The van der Waals surface area contributed by atoms with E-state index in [0.717, 1.165) is 27.6 Å². The van der Waals surface area contributed by atoms with Gasteiger partial charge >= 0.3 is 6.16 Å². The summed E-state index contributed by atoms with van der Waals surface area (Å²) in [5.74, 6) is 2.44. The van der Waals surface area contributed by atoms with Crippen molar-refractivity contribution in [2.45, 2.75) is 37.0 Å². The Labute approximate surface area is 165 Å². The summed E-state index contributed by atoms with van der Waals surface area (Å²) in [7, 11) is 0. The van der Waals surface area contributed by atoms with Gasteiger partial charge in [-0.1, -0.05) is 30.9 Å². The third kappa shape index (κ3) is 4.22. The summed E-state index contributed by atoms with van der Waals surface area (Å²) in [5.41, 5.74) is 1.59. The SMILES string of the molecule is O=C(O)Oc1cnn(-c2nc3cc(SCC4CCCCC4)c(Cl)cc3[nH]2)c1. The molecule has 2 N–H and O–H groups in total. The van der Waals surface area contributed by atoms with E-state index in [-0.39, 0.29) is 5.75 Å². The fourth-order valence-electron chi connectivity index (χ4n) is 3.35. The lowest BCUT2D eigenvalue weighted by atomic mass is 9.91. The van der Waals surface area contributed by atoms with Crippen molar-refractivity contribution >= 4 is 40.6 Å². The predicted octanol–water partition coefficient (Wildman–Crippen LogP) is 5.13. The maximum Gasteiger partial charge on any atom is 0.511 e. The molecule has 1 fully saturated rings. The van der Waals surface area contributed by atoms with Crippen LogP contribution in [0.3, 0.4) is 0 Å². The van der Waals surface area contributed by atoms with Crippen molar-refractivity contribution in [1.29, 1.82) is 0 Å². The van der Waals surface area contributed by atoms with Gasteiger partial charge in [0.15, 0.2) is 5.75 Å². The molecule has 27 heavy (non-hydrogen) atoms. The smallest absolute Gasteiger partial charge is 0.449 e. The molecule has 0 radical (unpaired) electrons. The molecule has 1 aliphatic rings. The molecular formula is C18H19ClN4O3S. The Morgan fingerprint density at radius 1 is 1.37 bits per heavy atom. The lowest BCUT2D eigenvalue weighted by molar-refractivity contribution is 0.144. The molecule has 1 saturated carbocycles. The molecule has 0 aliphatic heterocycles. The van der Waals surface area contributed by atoms with Crippen LogP contribution in [-0.2, 0) is 0 Å². The minimum atomic E-state index is -1.38. The molecule has 142 valence electrons. The fourth-order valence-corrected chi connectivity index (χ4v) is 4.82. The number of benzene rings is 1. The quantitative estimate of drug-likeness (QED) is 0.450. The number of nitrogens with zero attached hydrogens (tertiary/aromatic N) is 3. The standard InChI is InChI=1S/C18H19ClN4O3S/c19-13-6-14-15(7-16(13)27-10-11-4-2-1-3-5-11)22-17(21-14)23-9-12(8-20-23)26-18(24)25/h6-9,11H,1-5,10H2,(H,21,22)(H,24,25). The van der Waals surface area contributed by atoms with E-state index in [9.17, 15) is 4.79 Å². The number of aromatic amines is 1. The molecule has 0 unspecified atom stereocenters. The first-order valence-corrected chi connectivity index (χ1v) is 10.2. The first-order valence-electron chi connectivity index (χ1n) is 8.86. The van der Waals surface area contributed by atoms with Crippen molar-refractivity contribution in [2.75, 3.05) is 5.75 Å². The Hall–Kier alpha value is -2.19. The van der Waals surface area contributed by atoms with E-state index >= 15 is 0 Å². The lowest BCUT2D eigenvalue weighted by Gasteiger charge is -2.21. The molecule has 1 aliphatic carbocycles. The number of H-pyrrole nitrogens is 1. The van der Waals surface area contributed by atoms with Gasteiger partial charge < -0.3 is 14.8 Å². The Kier molecular flexibility index (Phi) is 5.27. The molecule has 9 heteroatoms. The summed E-state index contributed by atoms with van der Waals surface area (Å²) in [4.78, 5) is 19.3. The molecule has 0 atom stereocenters. The van der Waals surface area contributed by atoms with Gasteiger partial charge in [0.05, 0.1) is 28.4 Å². The zero-order valence-electron chi connectivity index (χ0n) is 14.5. The largest absolute Gasteiger partial charge is 0.511 e. The molecule has 0 saturated heterocycles. The highest BCUT2D eigenvalue weighted by molar-refractivity contribution is 7.99. The summed E-state index contributed by atoms with van der Waals surface area (Å²) in [6.45, 7) is 0. The van der Waals surface area contributed by atoms with Gasteiger partial charge in [0.25, 0.3) is 0 Å². The number of aromatic nitrogens is 4. The number of hydrogen-bond acceptors (Lipinski definition) is 5. The van der Waals surface area contributed by atoms with Gasteiger partial charge in [-0.05, 0) is 30.9 Å². The highest BCUT2D eigenvalue weighted by Crippen LogP contribution is 2.35. The second-order valence-electron chi connectivity index (χ2n) is 6.66. The van der Waals surface area contributed by atoms with Gasteiger partial charge in [0.2, 0.25) is 5.95 Å². The van der Waals surface area contributed by atoms with Gasteiger partial charge in [0, 0.05) is 10.6 Å². The van der Waals surface area contributed by atoms with E-state index in [0.29, 0.717) is 11.0 Å². The van der Waals surface area contributed by atoms with Crippen LogP contribution >= 0.6 is 23.4 Å². The van der Waals surface area contributed by atoms with Crippen LogP contribution in [0.2, 0.25) is 5.02 Å². The van der Waals surface area contributed by atoms with Gasteiger partial charge in [0.1, 0.15) is 0 Å². The van der Waals surface area contributed by atoms with Crippen molar-refractivity contribution in [3.05, 3.63) is 29.5 Å². The molecule has 7 nitrogen and oxygen atoms in total. The van der Waals surface area contributed by atoms with Crippen molar-refractivity contribution in [3.63, 3.8) is 0 Å². The number of halogens is 1. The molecule has 0 spiro atoms. The average Bonchev–Trinajstić information content (AvgIpc) is 3.26. The Morgan fingerprint density at radius 2 is 2.19 bits per heavy atom. The van der Waals surface area contributed by atoms with E-state index in [4.69, 9.17) is 16.7 Å². The van der Waals surface area contributed by atoms with Crippen molar-refractivity contribution < 1.29 is 14.6 Å². The van der Waals surface area contributed by atoms with Crippen LogP contribution in [0, 0.1) is 5.92 Å². The maximum atomic E-state index is 10.6. The number of imidazole rings is 1. The molecule has 2 aromatic heterocycles. The highest BCUT2D eigenvalue weighted by Gasteiger charge is 2.16. The van der Waals surface area contributed by atoms with Gasteiger partial charge in [-0.2, -0.15) is 5.10 Å². The third-order valence-electron chi connectivity index (χ3n) is 4.70. The Balaban J connectivity index is 1.53. The van der Waals surface area contributed by atoms with Gasteiger partial charge in [-0.15, -0.1) is 11.8 Å². The first-order chi connectivity index (χ1) is 13.1. The Bertz CT molecular complexity index is 965. The summed E-state index contributed by atoms with van der Waals surface area (Å²) >= 11 is 8.25. The maximum absolute atomic E-state index is 10.6. The van der Waals surface area contributed by atoms with Crippen LogP contribution < -0.4 is 4.74 Å². The molecule has 4 rings (SSSR count). The highest BCUT2D eigenvalue weighted by atomic mass is 35.5. The van der Waals surface area contributed by atoms with Crippen molar-refractivity contribution in [3.8, 4) is 11.7 Å². The minimum Gasteiger partial charge on any atom is -0.449 e. The molecule has 2 heterocycles. The molecule has 0 amide bonds. The molecule has 3 aromatic rings. The lowest BCUT2D eigenvalue weighted by Crippen LogP contribution is -2.08. The molecular weight excluding hydrogens is 388 g/mol. The summed E-state index contributed by atoms with van der Waals surface area (Å²) < 4.78 is 6.02. The Morgan fingerprint density at radius 3 is 2.96 bits per heavy atom. The zero-order valence-corrected chi connectivity index (χ0v) is 16.1. The van der Waals surface area contributed by atoms with E-state index in [1.54, 1.807) is 11.8 Å². The monoisotopic (exact) mass is 406 g/mol. The zero-order chi connectivity index (χ0) is 18.8. The summed E-state index contributed by atoms with van der Waals surface area (Å²) in [6.07, 6.45) is 8.02. The summed E-state index contributed by atoms with van der Waals surface area (Å²) in [6, 6.07) is 3.86. The van der Waals surface area contributed by atoms with E-state index in [1.807, 2.05) is 12.1 Å². The number of thioether (sulfide) groups is 1. The van der Waals surface area contributed by atoms with Gasteiger partial charge in [-0.25, -0.2) is 14.5 Å². The fraction of sp³-hybridized carbons (Fsp3) is 0.389. The van der Waals surface area contributed by atoms with Crippen LogP contribution in [0.5, 0.6) is 5.75 Å². The van der Waals surface area contributed by atoms with Crippen LogP contribution in [0.25, 0.3) is 17.0 Å². The number of hydrogen-bond donors (Lipinski definition) is 2. The van der Waals surface area contributed by atoms with Crippen LogP contribution in [0.15, 0.2) is 29.4 Å². The number of carbonyl (C=O) groups is 1. The van der Waals surface area contributed by atoms with E-state index < -0.39 is 6.16 Å². The predicted molar refractivity (Wildman–Crippen MR) is 104 cm³/mol. The number of fused-ring (bicyclic) bond motifs is 1. The molecule has 0 bridgehead atoms. The van der Waals surface area contributed by atoms with Crippen LogP contribution in [0.1, 0.15) is 32.1 Å². The van der Waals surface area contributed by atoms with E-state index in [2.05, 4.69) is 19.8 Å². The van der Waals surface area contributed by atoms with Crippen molar-refractivity contribution in [2.24, 2.45) is 5.92 Å². The first kappa shape index (κ1) is 18.2. The van der Waals surface area contributed by atoms with Crippen LogP contribution in [-0.4, -0.2) is 36.8 Å². The average molecular weight is 407 g/mol. The van der Waals surface area contributed by atoms with Crippen molar-refractivity contribution in [1.82, 2.24) is 19.7 Å². The summed E-state index contributed by atoms with van der Waals surface area (Å²) in [5, 5.41) is 13.4. The van der Waals surface area contributed by atoms with Crippen LogP contribution in [0.4, 0.5) is 4.79 Å². The number of carboxylic acid groups (broad SMARTS) is 1. The van der Waals surface area contributed by atoms with Gasteiger partial charge in [-0.3, -0.25) is 0 Å². The topological polar surface area (TPSA) is 93.0 Å². The molecule has 1 aromatic carbocycles. The number of ether oxygens (including phenoxy) is 1. The minimum absolute atomic E-state index is 0.129. The second-order valence-corrected chi connectivity index (χ2v) is 8.13. The normalized spacial score (nSPS) is 15.3.